The Balaban J connectivity index is 0.000000292. The van der Waals surface area contributed by atoms with Gasteiger partial charge in [-0.3, -0.25) is 4.79 Å². The third-order valence-corrected chi connectivity index (χ3v) is 7.64. The van der Waals surface area contributed by atoms with Crippen LogP contribution < -0.4 is 10.1 Å². The van der Waals surface area contributed by atoms with Gasteiger partial charge in [-0.2, -0.15) is 13.2 Å². The van der Waals surface area contributed by atoms with Gasteiger partial charge in [0, 0.05) is 44.8 Å². The van der Waals surface area contributed by atoms with Crippen molar-refractivity contribution in [2.75, 3.05) is 6.26 Å². The van der Waals surface area contributed by atoms with E-state index >= 15 is 0 Å². The molecule has 5 rings (SSSR count). The molecule has 2 aliphatic heterocycles. The molecule has 0 unspecified atom stereocenters. The summed E-state index contributed by atoms with van der Waals surface area (Å²) < 4.78 is 67.4. The third-order valence-electron chi connectivity index (χ3n) is 6.11. The molecule has 208 valence electrons. The minimum atomic E-state index is -4.65. The zero-order valence-electron chi connectivity index (χ0n) is 20.7. The molecule has 0 spiro atoms. The van der Waals surface area contributed by atoms with Crippen molar-refractivity contribution in [1.29, 1.82) is 0 Å². The zero-order valence-corrected chi connectivity index (χ0v) is 23.0. The van der Waals surface area contributed by atoms with Crippen LogP contribution in [0.4, 0.5) is 13.2 Å². The van der Waals surface area contributed by atoms with Gasteiger partial charge in [-0.1, -0.05) is 23.2 Å². The van der Waals surface area contributed by atoms with Crippen LogP contribution >= 0.6 is 23.2 Å². The minimum Gasteiger partial charge on any atom is -0.480 e. The molecule has 14 heteroatoms. The van der Waals surface area contributed by atoms with Crippen molar-refractivity contribution < 1.29 is 31.1 Å². The first-order valence-corrected chi connectivity index (χ1v) is 14.2. The number of halogens is 5. The highest BCUT2D eigenvalue weighted by molar-refractivity contribution is 7.90. The standard InChI is InChI=1S/C18H16ClF3N2O4S.C7H7ClN2/c1-10(18(20,21)22)28-15-4-3-13(29(2,26)27)6-14(15)17(25)24-8-11-5-16(19)23-7-12(11)9-24;8-7-1-5-2-9-3-6(5)4-10-7/h3-7,10H,8-9H2,1-2H3;1,4,9H,2-3H2/t10-;/m0./s1. The second kappa shape index (κ2) is 11.3. The molecule has 0 bridgehead atoms. The second-order valence-electron chi connectivity index (χ2n) is 9.05. The lowest BCUT2D eigenvalue weighted by Crippen LogP contribution is -2.32. The van der Waals surface area contributed by atoms with Gasteiger partial charge in [0.1, 0.15) is 16.1 Å². The molecule has 0 saturated heterocycles. The molecule has 1 N–H and O–H groups in total. The van der Waals surface area contributed by atoms with E-state index in [0.29, 0.717) is 5.15 Å². The van der Waals surface area contributed by atoms with Crippen LogP contribution in [0, 0.1) is 0 Å². The summed E-state index contributed by atoms with van der Waals surface area (Å²) in [6.07, 6.45) is -2.55. The molecule has 1 amide bonds. The summed E-state index contributed by atoms with van der Waals surface area (Å²) in [6, 6.07) is 6.71. The normalized spacial score (nSPS) is 15.2. The molecule has 0 radical (unpaired) electrons. The lowest BCUT2D eigenvalue weighted by Gasteiger charge is -2.22. The highest BCUT2D eigenvalue weighted by Crippen LogP contribution is 2.32. The minimum absolute atomic E-state index is 0.160. The van der Waals surface area contributed by atoms with Crippen LogP contribution in [0.3, 0.4) is 0 Å². The number of benzene rings is 1. The summed E-state index contributed by atoms with van der Waals surface area (Å²) in [4.78, 5) is 22.1. The second-order valence-corrected chi connectivity index (χ2v) is 11.8. The molecular weight excluding hydrogens is 580 g/mol. The number of rotatable bonds is 4. The van der Waals surface area contributed by atoms with Gasteiger partial charge in [-0.25, -0.2) is 18.4 Å². The van der Waals surface area contributed by atoms with Crippen LogP contribution in [0.1, 0.15) is 39.5 Å². The number of fused-ring (bicyclic) bond motifs is 2. The van der Waals surface area contributed by atoms with Gasteiger partial charge in [0.15, 0.2) is 15.9 Å². The lowest BCUT2D eigenvalue weighted by atomic mass is 10.1. The average Bonchev–Trinajstić information content (AvgIpc) is 3.49. The molecule has 2 aromatic heterocycles. The highest BCUT2D eigenvalue weighted by atomic mass is 35.5. The summed E-state index contributed by atoms with van der Waals surface area (Å²) in [7, 11) is -3.69. The van der Waals surface area contributed by atoms with E-state index < -0.39 is 28.0 Å². The Morgan fingerprint density at radius 2 is 1.59 bits per heavy atom. The smallest absolute Gasteiger partial charge is 0.425 e. The van der Waals surface area contributed by atoms with Crippen molar-refractivity contribution in [2.45, 2.75) is 50.3 Å². The van der Waals surface area contributed by atoms with Crippen molar-refractivity contribution in [1.82, 2.24) is 20.2 Å². The number of hydrogen-bond donors (Lipinski definition) is 1. The number of alkyl halides is 3. The molecular formula is C25H23Cl2F3N4O4S. The van der Waals surface area contributed by atoms with E-state index in [4.69, 9.17) is 27.9 Å². The van der Waals surface area contributed by atoms with Crippen molar-refractivity contribution >= 4 is 38.9 Å². The maximum Gasteiger partial charge on any atom is 0.425 e. The van der Waals surface area contributed by atoms with Crippen molar-refractivity contribution in [3.05, 3.63) is 80.8 Å². The van der Waals surface area contributed by atoms with Gasteiger partial charge in [-0.05, 0) is 59.5 Å². The van der Waals surface area contributed by atoms with E-state index in [2.05, 4.69) is 15.3 Å². The number of carbonyl (C=O) groups is 1. The number of hydrogen-bond acceptors (Lipinski definition) is 7. The third kappa shape index (κ3) is 6.99. The van der Waals surface area contributed by atoms with Crippen molar-refractivity contribution in [2.24, 2.45) is 0 Å². The van der Waals surface area contributed by atoms with Crippen LogP contribution in [0.25, 0.3) is 0 Å². The van der Waals surface area contributed by atoms with Crippen molar-refractivity contribution in [3.63, 3.8) is 0 Å². The summed E-state index contributed by atoms with van der Waals surface area (Å²) in [5, 5.41) is 4.05. The first-order chi connectivity index (χ1) is 18.2. The largest absolute Gasteiger partial charge is 0.480 e. The number of ether oxygens (including phenoxy) is 1. The van der Waals surface area contributed by atoms with Gasteiger partial charge in [0.05, 0.1) is 10.5 Å². The average molecular weight is 603 g/mol. The number of pyridine rings is 2. The van der Waals surface area contributed by atoms with Crippen LogP contribution in [0.5, 0.6) is 5.75 Å². The van der Waals surface area contributed by atoms with Gasteiger partial charge < -0.3 is 15.0 Å². The van der Waals surface area contributed by atoms with Crippen molar-refractivity contribution in [3.8, 4) is 5.75 Å². The van der Waals surface area contributed by atoms with E-state index in [1.165, 1.54) is 22.2 Å². The molecule has 1 atom stereocenters. The fourth-order valence-corrected chi connectivity index (χ4v) is 4.99. The SMILES string of the molecule is C[C@H](Oc1ccc(S(C)(=O)=O)cc1C(=O)N1Cc2cnc(Cl)cc2C1)C(F)(F)F.Clc1cc2c(cn1)CNC2. The van der Waals surface area contributed by atoms with E-state index in [1.807, 2.05) is 12.3 Å². The molecule has 2 aliphatic rings. The Kier molecular flexibility index (Phi) is 8.41. The first-order valence-electron chi connectivity index (χ1n) is 11.6. The molecule has 39 heavy (non-hydrogen) atoms. The maximum absolute atomic E-state index is 13.0. The maximum atomic E-state index is 13.0. The predicted molar refractivity (Wildman–Crippen MR) is 138 cm³/mol. The van der Waals surface area contributed by atoms with Gasteiger partial charge in [0.2, 0.25) is 0 Å². The molecule has 4 heterocycles. The Labute approximate surface area is 233 Å². The Hall–Kier alpha value is -2.93. The van der Waals surface area contributed by atoms with Crippen LogP contribution in [-0.4, -0.2) is 47.7 Å². The summed E-state index contributed by atoms with van der Waals surface area (Å²) in [5.41, 5.74) is 3.78. The predicted octanol–water partition coefficient (Wildman–Crippen LogP) is 4.96. The number of amides is 1. The van der Waals surface area contributed by atoms with E-state index in [-0.39, 0.29) is 34.5 Å². The number of aromatic nitrogens is 2. The Morgan fingerprint density at radius 1 is 1.00 bits per heavy atom. The Morgan fingerprint density at radius 3 is 2.23 bits per heavy atom. The van der Waals surface area contributed by atoms with E-state index in [0.717, 1.165) is 55.6 Å². The van der Waals surface area contributed by atoms with Gasteiger partial charge in [-0.15, -0.1) is 0 Å². The first kappa shape index (κ1) is 29.1. The van der Waals surface area contributed by atoms with Gasteiger partial charge >= 0.3 is 6.18 Å². The van der Waals surface area contributed by atoms with Gasteiger partial charge in [0.25, 0.3) is 5.91 Å². The lowest BCUT2D eigenvalue weighted by molar-refractivity contribution is -0.189. The Bertz CT molecular complexity index is 1520. The molecule has 0 saturated carbocycles. The molecule has 8 nitrogen and oxygen atoms in total. The summed E-state index contributed by atoms with van der Waals surface area (Å²) in [5.74, 6) is -1.01. The monoisotopic (exact) mass is 602 g/mol. The quantitative estimate of drug-likeness (QED) is 0.421. The summed E-state index contributed by atoms with van der Waals surface area (Å²) in [6.45, 7) is 2.98. The number of carbonyl (C=O) groups excluding carboxylic acids is 1. The molecule has 1 aromatic carbocycles. The number of nitrogens with zero attached hydrogens (tertiary/aromatic N) is 3. The van der Waals surface area contributed by atoms with Crippen LogP contribution in [-0.2, 0) is 36.0 Å². The number of nitrogens with one attached hydrogen (secondary N) is 1. The fraction of sp³-hybridized carbons (Fsp3) is 0.320. The van der Waals surface area contributed by atoms with Crippen LogP contribution in [0.15, 0.2) is 47.6 Å². The zero-order chi connectivity index (χ0) is 28.5. The molecule has 3 aromatic rings. The van der Waals surface area contributed by atoms with Crippen LogP contribution in [0.2, 0.25) is 10.3 Å². The number of sulfone groups is 1. The summed E-state index contributed by atoms with van der Waals surface area (Å²) >= 11 is 11.5. The molecule has 0 aliphatic carbocycles. The topological polar surface area (TPSA) is 101 Å². The highest BCUT2D eigenvalue weighted by Gasteiger charge is 2.39. The molecule has 0 fully saturated rings. The fourth-order valence-electron chi connectivity index (χ4n) is 3.99. The van der Waals surface area contributed by atoms with E-state index in [1.54, 1.807) is 6.07 Å². The van der Waals surface area contributed by atoms with E-state index in [9.17, 15) is 26.4 Å².